The van der Waals surface area contributed by atoms with Crippen molar-refractivity contribution in [2.45, 2.75) is 52.9 Å². The van der Waals surface area contributed by atoms with Crippen LogP contribution in [0.25, 0.3) is 0 Å². The molecule has 26 heavy (non-hydrogen) atoms. The molecule has 0 aliphatic rings. The molecule has 0 saturated carbocycles. The molecule has 0 bridgehead atoms. The first-order valence-corrected chi connectivity index (χ1v) is 9.81. The van der Waals surface area contributed by atoms with Crippen LogP contribution in [0.4, 0.5) is 15.5 Å². The normalized spacial score (nSPS) is 10.8. The Balaban J connectivity index is 2.19. The van der Waals surface area contributed by atoms with Crippen molar-refractivity contribution in [1.82, 2.24) is 0 Å². The van der Waals surface area contributed by atoms with Gasteiger partial charge >= 0.3 is 6.03 Å². The number of nitrogens with one attached hydrogen (secondary N) is 2. The minimum Gasteiger partial charge on any atom is -0.365 e. The van der Waals surface area contributed by atoms with E-state index in [-0.39, 0.29) is 6.03 Å². The van der Waals surface area contributed by atoms with Gasteiger partial charge in [-0.15, -0.1) is 11.3 Å². The first-order valence-electron chi connectivity index (χ1n) is 8.99. The van der Waals surface area contributed by atoms with Crippen molar-refractivity contribution in [3.8, 4) is 0 Å². The zero-order valence-corrected chi connectivity index (χ0v) is 16.6. The molecule has 0 fully saturated rings. The maximum atomic E-state index is 12.4. The lowest BCUT2D eigenvalue weighted by Gasteiger charge is -2.10. The molecule has 2 aromatic rings. The third kappa shape index (κ3) is 4.64. The van der Waals surface area contributed by atoms with E-state index in [1.165, 1.54) is 16.9 Å². The molecular weight excluding hydrogens is 346 g/mol. The molecule has 0 saturated heterocycles. The highest BCUT2D eigenvalue weighted by Gasteiger charge is 2.22. The van der Waals surface area contributed by atoms with Gasteiger partial charge < -0.3 is 11.1 Å². The summed E-state index contributed by atoms with van der Waals surface area (Å²) in [6.07, 6.45) is 2.50. The summed E-state index contributed by atoms with van der Waals surface area (Å²) >= 11 is 1.43. The largest absolute Gasteiger partial charge is 0.365 e. The van der Waals surface area contributed by atoms with Gasteiger partial charge in [0.1, 0.15) is 5.00 Å². The molecule has 0 unspecified atom stereocenters. The molecule has 0 spiro atoms. The number of anilines is 2. The van der Waals surface area contributed by atoms with Gasteiger partial charge in [-0.25, -0.2) is 4.79 Å². The number of hydrogen-bond donors (Lipinski definition) is 3. The number of benzene rings is 1. The number of nitrogens with two attached hydrogens (primary N) is 1. The Morgan fingerprint density at radius 3 is 2.27 bits per heavy atom. The fraction of sp³-hybridized carbons (Fsp3) is 0.400. The number of urea groups is 1. The van der Waals surface area contributed by atoms with Crippen LogP contribution in [0.3, 0.4) is 0 Å². The Morgan fingerprint density at radius 1 is 1.12 bits per heavy atom. The van der Waals surface area contributed by atoms with Crippen LogP contribution >= 0.6 is 11.3 Å². The summed E-state index contributed by atoms with van der Waals surface area (Å²) < 4.78 is 0. The molecule has 6 heteroatoms. The molecule has 3 amide bonds. The second-order valence-electron chi connectivity index (χ2n) is 6.53. The Kier molecular flexibility index (Phi) is 6.80. The SMILES string of the molecule is CCCc1c(CC)sc(NC(=O)Nc2ccc(C(C)C)cc2)c1C(N)=O. The number of carbonyl (C=O) groups is 2. The second-order valence-corrected chi connectivity index (χ2v) is 7.64. The summed E-state index contributed by atoms with van der Waals surface area (Å²) in [5, 5.41) is 6.13. The Hall–Kier alpha value is -2.34. The number of rotatable bonds is 7. The standard InChI is InChI=1S/C20H27N3O2S/c1-5-7-15-16(6-2)26-19(17(15)18(21)24)23-20(25)22-14-10-8-13(9-11-14)12(3)4/h8-12H,5-7H2,1-4H3,(H2,21,24)(H2,22,23,25). The monoisotopic (exact) mass is 373 g/mol. The fourth-order valence-corrected chi connectivity index (χ4v) is 4.07. The second kappa shape index (κ2) is 8.85. The van der Waals surface area contributed by atoms with Crippen molar-refractivity contribution in [3.05, 3.63) is 45.8 Å². The average Bonchev–Trinajstić information content (AvgIpc) is 2.92. The molecule has 0 aliphatic heterocycles. The third-order valence-electron chi connectivity index (χ3n) is 4.22. The number of primary amides is 1. The molecule has 0 atom stereocenters. The van der Waals surface area contributed by atoms with Gasteiger partial charge in [-0.05, 0) is 42.0 Å². The summed E-state index contributed by atoms with van der Waals surface area (Å²) in [7, 11) is 0. The zero-order chi connectivity index (χ0) is 19.3. The molecule has 1 aromatic heterocycles. The van der Waals surface area contributed by atoms with Crippen LogP contribution in [0.15, 0.2) is 24.3 Å². The van der Waals surface area contributed by atoms with E-state index in [1.807, 2.05) is 31.2 Å². The van der Waals surface area contributed by atoms with Gasteiger partial charge in [0.25, 0.3) is 5.91 Å². The van der Waals surface area contributed by atoms with Gasteiger partial charge in [0.2, 0.25) is 0 Å². The van der Waals surface area contributed by atoms with Gasteiger partial charge in [-0.2, -0.15) is 0 Å². The molecule has 1 heterocycles. The quantitative estimate of drug-likeness (QED) is 0.628. The van der Waals surface area contributed by atoms with Crippen LogP contribution in [0.5, 0.6) is 0 Å². The van der Waals surface area contributed by atoms with Gasteiger partial charge in [-0.1, -0.05) is 46.2 Å². The van der Waals surface area contributed by atoms with Crippen molar-refractivity contribution in [2.24, 2.45) is 5.73 Å². The van der Waals surface area contributed by atoms with Crippen LogP contribution in [0, 0.1) is 0 Å². The number of aryl methyl sites for hydroxylation is 1. The molecule has 2 rings (SSSR count). The fourth-order valence-electron chi connectivity index (χ4n) is 2.88. The summed E-state index contributed by atoms with van der Waals surface area (Å²) in [5.41, 5.74) is 8.90. The summed E-state index contributed by atoms with van der Waals surface area (Å²) in [6.45, 7) is 8.34. The van der Waals surface area contributed by atoms with E-state index in [1.54, 1.807) is 0 Å². The lowest BCUT2D eigenvalue weighted by Crippen LogP contribution is -2.22. The molecule has 140 valence electrons. The van der Waals surface area contributed by atoms with E-state index in [9.17, 15) is 9.59 Å². The summed E-state index contributed by atoms with van der Waals surface area (Å²) in [6, 6.07) is 7.36. The smallest absolute Gasteiger partial charge is 0.324 e. The average molecular weight is 374 g/mol. The van der Waals surface area contributed by atoms with E-state index in [4.69, 9.17) is 5.73 Å². The van der Waals surface area contributed by atoms with Crippen LogP contribution in [-0.2, 0) is 12.8 Å². The van der Waals surface area contributed by atoms with Crippen molar-refractivity contribution in [2.75, 3.05) is 10.6 Å². The molecule has 5 nitrogen and oxygen atoms in total. The molecule has 1 aromatic carbocycles. The molecule has 0 aliphatic carbocycles. The molecule has 0 radical (unpaired) electrons. The maximum Gasteiger partial charge on any atom is 0.324 e. The number of hydrogen-bond acceptors (Lipinski definition) is 3. The highest BCUT2D eigenvalue weighted by molar-refractivity contribution is 7.17. The topological polar surface area (TPSA) is 84.2 Å². The van der Waals surface area contributed by atoms with Crippen LogP contribution in [-0.4, -0.2) is 11.9 Å². The Morgan fingerprint density at radius 2 is 1.77 bits per heavy atom. The van der Waals surface area contributed by atoms with Crippen LogP contribution in [0.2, 0.25) is 0 Å². The minimum absolute atomic E-state index is 0.378. The predicted molar refractivity (Wildman–Crippen MR) is 109 cm³/mol. The van der Waals surface area contributed by atoms with Crippen molar-refractivity contribution >= 4 is 34.0 Å². The van der Waals surface area contributed by atoms with Crippen LogP contribution in [0.1, 0.15) is 66.4 Å². The highest BCUT2D eigenvalue weighted by Crippen LogP contribution is 2.34. The van der Waals surface area contributed by atoms with Crippen molar-refractivity contribution in [3.63, 3.8) is 0 Å². The zero-order valence-electron chi connectivity index (χ0n) is 15.8. The molecular formula is C20H27N3O2S. The van der Waals surface area contributed by atoms with E-state index in [2.05, 4.69) is 31.4 Å². The Labute approximate surface area is 159 Å². The first-order chi connectivity index (χ1) is 12.4. The predicted octanol–water partition coefficient (Wildman–Crippen LogP) is 5.13. The third-order valence-corrected chi connectivity index (χ3v) is 5.51. The van der Waals surface area contributed by atoms with Crippen molar-refractivity contribution in [1.29, 1.82) is 0 Å². The lowest BCUT2D eigenvalue weighted by molar-refractivity contribution is 0.100. The van der Waals surface area contributed by atoms with Crippen LogP contribution < -0.4 is 16.4 Å². The number of amides is 3. The van der Waals surface area contributed by atoms with E-state index in [0.717, 1.165) is 29.7 Å². The van der Waals surface area contributed by atoms with E-state index < -0.39 is 5.91 Å². The van der Waals surface area contributed by atoms with Gasteiger partial charge in [0, 0.05) is 10.6 Å². The summed E-state index contributed by atoms with van der Waals surface area (Å²) in [5.74, 6) is -0.0624. The van der Waals surface area contributed by atoms with E-state index >= 15 is 0 Å². The lowest BCUT2D eigenvalue weighted by atomic mass is 10.0. The minimum atomic E-state index is -0.499. The first kappa shape index (κ1) is 20.0. The summed E-state index contributed by atoms with van der Waals surface area (Å²) in [4.78, 5) is 25.4. The van der Waals surface area contributed by atoms with Gasteiger partial charge in [0.05, 0.1) is 5.56 Å². The molecule has 4 N–H and O–H groups in total. The van der Waals surface area contributed by atoms with E-state index in [0.29, 0.717) is 22.2 Å². The maximum absolute atomic E-state index is 12.4. The number of carbonyl (C=O) groups excluding carboxylic acids is 2. The van der Waals surface area contributed by atoms with Crippen molar-refractivity contribution < 1.29 is 9.59 Å². The van der Waals surface area contributed by atoms with Gasteiger partial charge in [0.15, 0.2) is 0 Å². The highest BCUT2D eigenvalue weighted by atomic mass is 32.1. The Bertz CT molecular complexity index is 779. The number of thiophene rings is 1. The van der Waals surface area contributed by atoms with Gasteiger partial charge in [-0.3, -0.25) is 10.1 Å².